The molecule has 0 aliphatic rings. The van der Waals surface area contributed by atoms with Gasteiger partial charge in [0.1, 0.15) is 0 Å². The molecular weight excluding hydrogens is 422 g/mol. The van der Waals surface area contributed by atoms with Gasteiger partial charge in [0.15, 0.2) is 0 Å². The molecule has 3 aromatic carbocycles. The number of hydrogen-bond donors (Lipinski definition) is 0. The third-order valence-corrected chi connectivity index (χ3v) is 5.40. The summed E-state index contributed by atoms with van der Waals surface area (Å²) in [6, 6.07) is 25.4. The van der Waals surface area contributed by atoms with Crippen LogP contribution in [0, 0.1) is 22.1 Å². The van der Waals surface area contributed by atoms with Gasteiger partial charge < -0.3 is 4.90 Å². The quantitative estimate of drug-likeness (QED) is 0.251. The second-order valence-electron chi connectivity index (χ2n) is 6.54. The Morgan fingerprint density at radius 3 is 1.63 bits per heavy atom. The van der Waals surface area contributed by atoms with E-state index in [1.165, 1.54) is 25.9 Å². The summed E-state index contributed by atoms with van der Waals surface area (Å²) < 4.78 is 36.5. The minimum Gasteiger partial charge on any atom is -0.378 e. The fourth-order valence-electron chi connectivity index (χ4n) is 2.90. The molecule has 0 aliphatic heterocycles. The number of fused-ring (bicyclic) bond motifs is 2. The normalized spacial score (nSPS) is 10.7. The van der Waals surface area contributed by atoms with Gasteiger partial charge in [-0.15, -0.1) is 10.2 Å². The summed E-state index contributed by atoms with van der Waals surface area (Å²) in [5.41, 5.74) is 3.33. The molecule has 0 atom stereocenters. The van der Waals surface area contributed by atoms with Crippen LogP contribution in [0.2, 0.25) is 0 Å². The number of halogens is 1. The Balaban J connectivity index is 0.000000461. The van der Waals surface area contributed by atoms with Crippen LogP contribution in [0.5, 0.6) is 0 Å². The lowest BCUT2D eigenvalue weighted by molar-refractivity contribution is -2.00. The zero-order chi connectivity index (χ0) is 21.7. The summed E-state index contributed by atoms with van der Waals surface area (Å²) in [4.78, 5) is 2.09. The highest BCUT2D eigenvalue weighted by atomic mass is 35.7. The van der Waals surface area contributed by atoms with Crippen molar-refractivity contribution in [2.75, 3.05) is 19.0 Å². The molecule has 5 nitrogen and oxygen atoms in total. The lowest BCUT2D eigenvalue weighted by atomic mass is 10.1. The van der Waals surface area contributed by atoms with Crippen molar-refractivity contribution in [2.45, 2.75) is 0 Å². The highest BCUT2D eigenvalue weighted by Gasteiger charge is 2.15. The second-order valence-corrected chi connectivity index (χ2v) is 8.38. The molecule has 30 heavy (non-hydrogen) atoms. The van der Waals surface area contributed by atoms with Gasteiger partial charge in [-0.05, 0) is 36.4 Å². The molecule has 1 heterocycles. The summed E-state index contributed by atoms with van der Waals surface area (Å²) in [7, 11) is -0.853. The average molecular weight is 440 g/mol. The van der Waals surface area contributed by atoms with E-state index in [1.807, 2.05) is 25.4 Å². The van der Waals surface area contributed by atoms with Crippen LogP contribution >= 0.6 is 11.3 Å². The molecule has 0 amide bonds. The minimum atomic E-state index is -4.94. The first-order valence-electron chi connectivity index (χ1n) is 8.87. The molecule has 0 N–H and O–H groups in total. The minimum absolute atomic E-state index is 1.03. The van der Waals surface area contributed by atoms with Crippen LogP contribution in [-0.2, 0) is 0 Å². The van der Waals surface area contributed by atoms with Crippen LogP contribution in [0.15, 0.2) is 72.8 Å². The SMILES string of the molecule is CN(C)c1ccc(C#Cc2c3ccccc3[s+]c3ccccc23)cc1.[O-][Cl+3]([O-])([O-])[O-]. The number of nitrogens with zero attached hydrogens (tertiary/aromatic N) is 1. The Hall–Kier alpha value is -2.76. The first-order valence-corrected chi connectivity index (χ1v) is 10.9. The Kier molecular flexibility index (Phi) is 6.85. The summed E-state index contributed by atoms with van der Waals surface area (Å²) in [6.45, 7) is 0. The van der Waals surface area contributed by atoms with Gasteiger partial charge in [-0.1, -0.05) is 36.1 Å². The van der Waals surface area contributed by atoms with Crippen molar-refractivity contribution in [1.29, 1.82) is 0 Å². The number of hydrogen-bond acceptors (Lipinski definition) is 5. The van der Waals surface area contributed by atoms with Crippen molar-refractivity contribution in [1.82, 2.24) is 0 Å². The predicted octanol–water partition coefficient (Wildman–Crippen LogP) is 1.05. The van der Waals surface area contributed by atoms with E-state index < -0.39 is 10.2 Å². The average Bonchev–Trinajstić information content (AvgIpc) is 2.70. The highest BCUT2D eigenvalue weighted by Crippen LogP contribution is 2.32. The summed E-state index contributed by atoms with van der Waals surface area (Å²) in [5, 5.41) is 2.45. The maximum atomic E-state index is 8.49. The third-order valence-electron chi connectivity index (χ3n) is 4.25. The molecule has 4 rings (SSSR count). The molecule has 152 valence electrons. The van der Waals surface area contributed by atoms with E-state index >= 15 is 0 Å². The van der Waals surface area contributed by atoms with Gasteiger partial charge in [0.25, 0.3) is 0 Å². The molecule has 0 saturated heterocycles. The fraction of sp³-hybridized carbons (Fsp3) is 0.0870. The van der Waals surface area contributed by atoms with E-state index in [1.54, 1.807) is 0 Å². The van der Waals surface area contributed by atoms with Gasteiger partial charge in [-0.25, -0.2) is 18.6 Å². The molecule has 0 fully saturated rings. The van der Waals surface area contributed by atoms with Crippen LogP contribution in [-0.4, -0.2) is 14.1 Å². The summed E-state index contributed by atoms with van der Waals surface area (Å²) >= 11 is 1.82. The molecule has 1 aromatic heterocycles. The van der Waals surface area contributed by atoms with Crippen molar-refractivity contribution < 1.29 is 28.9 Å². The Labute approximate surface area is 180 Å². The third kappa shape index (κ3) is 5.88. The maximum Gasteiger partial charge on any atom is 0.240 e. The second kappa shape index (κ2) is 9.37. The van der Waals surface area contributed by atoms with E-state index in [-0.39, 0.29) is 0 Å². The van der Waals surface area contributed by atoms with E-state index in [0.29, 0.717) is 0 Å². The zero-order valence-corrected chi connectivity index (χ0v) is 17.9. The number of benzene rings is 3. The first-order chi connectivity index (χ1) is 14.2. The largest absolute Gasteiger partial charge is 0.378 e. The Morgan fingerprint density at radius 1 is 0.700 bits per heavy atom. The van der Waals surface area contributed by atoms with Crippen molar-refractivity contribution in [2.24, 2.45) is 0 Å². The van der Waals surface area contributed by atoms with Gasteiger partial charge in [-0.3, -0.25) is 0 Å². The molecule has 0 aliphatic carbocycles. The van der Waals surface area contributed by atoms with Crippen LogP contribution in [0.4, 0.5) is 5.69 Å². The molecule has 0 bridgehead atoms. The van der Waals surface area contributed by atoms with Gasteiger partial charge in [-0.2, -0.15) is 0 Å². The van der Waals surface area contributed by atoms with Crippen molar-refractivity contribution in [3.05, 3.63) is 83.9 Å². The van der Waals surface area contributed by atoms with Gasteiger partial charge in [0.2, 0.25) is 20.7 Å². The molecule has 4 aromatic rings. The zero-order valence-electron chi connectivity index (χ0n) is 16.3. The summed E-state index contributed by atoms with van der Waals surface area (Å²) in [6.07, 6.45) is 0. The van der Waals surface area contributed by atoms with Crippen molar-refractivity contribution in [3.63, 3.8) is 0 Å². The fourth-order valence-corrected chi connectivity index (χ4v) is 3.99. The highest BCUT2D eigenvalue weighted by molar-refractivity contribution is 7.24. The lowest BCUT2D eigenvalue weighted by Gasteiger charge is -2.17. The molecule has 0 unspecified atom stereocenters. The van der Waals surface area contributed by atoms with Gasteiger partial charge in [0, 0.05) is 37.5 Å². The lowest BCUT2D eigenvalue weighted by Crippen LogP contribution is -2.68. The van der Waals surface area contributed by atoms with Gasteiger partial charge in [0.05, 0.1) is 16.3 Å². The monoisotopic (exact) mass is 439 g/mol. The smallest absolute Gasteiger partial charge is 0.240 e. The molecule has 0 saturated carbocycles. The van der Waals surface area contributed by atoms with Crippen LogP contribution in [0.3, 0.4) is 0 Å². The van der Waals surface area contributed by atoms with E-state index in [2.05, 4.69) is 89.5 Å². The first kappa shape index (κ1) is 21.9. The molecule has 0 spiro atoms. The van der Waals surface area contributed by atoms with Crippen LogP contribution in [0.1, 0.15) is 11.1 Å². The van der Waals surface area contributed by atoms with Crippen molar-refractivity contribution >= 4 is 37.2 Å². The number of anilines is 1. The Morgan fingerprint density at radius 2 is 1.17 bits per heavy atom. The molecule has 7 heteroatoms. The molecular formula is C23H18ClNO4S. The van der Waals surface area contributed by atoms with Crippen LogP contribution in [0.25, 0.3) is 20.2 Å². The standard InChI is InChI=1S/C23H18NS.ClHO4/c1-24(2)18-14-11-17(12-15-18)13-16-19-20-7-3-5-9-22(20)25-23-10-6-4-8-21(19)23;2-1(3,4)5/h3-12,14-15H,1-2H3;(H,2,3,4,5)/q+1;/p-1. The predicted molar refractivity (Wildman–Crippen MR) is 110 cm³/mol. The maximum absolute atomic E-state index is 8.49. The summed E-state index contributed by atoms with van der Waals surface area (Å²) in [5.74, 6) is 6.79. The van der Waals surface area contributed by atoms with E-state index in [0.717, 1.165) is 11.1 Å². The van der Waals surface area contributed by atoms with E-state index in [4.69, 9.17) is 18.6 Å². The molecule has 0 radical (unpaired) electrons. The van der Waals surface area contributed by atoms with E-state index in [9.17, 15) is 0 Å². The Bertz CT molecular complexity index is 1170. The number of rotatable bonds is 1. The van der Waals surface area contributed by atoms with Gasteiger partial charge >= 0.3 is 0 Å². The van der Waals surface area contributed by atoms with Crippen molar-refractivity contribution in [3.8, 4) is 11.8 Å². The van der Waals surface area contributed by atoms with Crippen LogP contribution < -0.4 is 23.5 Å². The topological polar surface area (TPSA) is 95.5 Å².